The summed E-state index contributed by atoms with van der Waals surface area (Å²) >= 11 is 0. The van der Waals surface area contributed by atoms with Gasteiger partial charge in [0.2, 0.25) is 10.0 Å². The standard InChI is InChI=1S/C24H26N2O4S/c1-4-30-23-8-6-5-7-22(23)26(31(3,28)29)17-19-11-13-20(14-12-19)24(27)25-21-15-9-18(2)10-16-21/h5-16H,4,17H2,1-3H3,(H,25,27). The Hall–Kier alpha value is -3.32. The van der Waals surface area contributed by atoms with Gasteiger partial charge in [-0.1, -0.05) is 42.0 Å². The summed E-state index contributed by atoms with van der Waals surface area (Å²) in [6.45, 7) is 4.39. The highest BCUT2D eigenvalue weighted by atomic mass is 32.2. The Morgan fingerprint density at radius 1 is 0.968 bits per heavy atom. The number of carbonyl (C=O) groups is 1. The van der Waals surface area contributed by atoms with Gasteiger partial charge in [0.1, 0.15) is 5.75 Å². The fourth-order valence-corrected chi connectivity index (χ4v) is 3.98. The first-order chi connectivity index (χ1) is 14.8. The summed E-state index contributed by atoms with van der Waals surface area (Å²) in [4.78, 5) is 12.5. The maximum absolute atomic E-state index is 12.5. The Morgan fingerprint density at radius 3 is 2.23 bits per heavy atom. The highest BCUT2D eigenvalue weighted by Gasteiger charge is 2.21. The van der Waals surface area contributed by atoms with Gasteiger partial charge in [0.15, 0.2) is 0 Å². The van der Waals surface area contributed by atoms with Crippen LogP contribution >= 0.6 is 0 Å². The van der Waals surface area contributed by atoms with Crippen molar-refractivity contribution in [2.24, 2.45) is 0 Å². The first-order valence-electron chi connectivity index (χ1n) is 9.94. The molecule has 0 aromatic heterocycles. The van der Waals surface area contributed by atoms with Crippen LogP contribution in [0.1, 0.15) is 28.4 Å². The molecule has 3 aromatic carbocycles. The summed E-state index contributed by atoms with van der Waals surface area (Å²) in [5.74, 6) is 0.279. The van der Waals surface area contributed by atoms with Crippen molar-refractivity contribution < 1.29 is 17.9 Å². The van der Waals surface area contributed by atoms with Crippen LogP contribution in [0.5, 0.6) is 5.75 Å². The van der Waals surface area contributed by atoms with Crippen LogP contribution in [0, 0.1) is 6.92 Å². The third-order valence-electron chi connectivity index (χ3n) is 4.69. The molecule has 3 rings (SSSR count). The second-order valence-corrected chi connectivity index (χ2v) is 9.09. The molecule has 0 heterocycles. The highest BCUT2D eigenvalue weighted by Crippen LogP contribution is 2.31. The molecule has 0 aliphatic carbocycles. The van der Waals surface area contributed by atoms with Crippen LogP contribution in [0.3, 0.4) is 0 Å². The largest absolute Gasteiger partial charge is 0.492 e. The van der Waals surface area contributed by atoms with Gasteiger partial charge >= 0.3 is 0 Å². The lowest BCUT2D eigenvalue weighted by molar-refractivity contribution is 0.102. The van der Waals surface area contributed by atoms with Crippen LogP contribution in [0.25, 0.3) is 0 Å². The smallest absolute Gasteiger partial charge is 0.255 e. The average Bonchev–Trinajstić information content (AvgIpc) is 2.74. The second kappa shape index (κ2) is 9.66. The van der Waals surface area contributed by atoms with Gasteiger partial charge in [-0.05, 0) is 55.8 Å². The van der Waals surface area contributed by atoms with Gasteiger partial charge in [0, 0.05) is 11.3 Å². The molecule has 0 radical (unpaired) electrons. The summed E-state index contributed by atoms with van der Waals surface area (Å²) in [7, 11) is -3.55. The quantitative estimate of drug-likeness (QED) is 0.557. The normalized spacial score (nSPS) is 11.1. The van der Waals surface area contributed by atoms with Crippen molar-refractivity contribution in [3.8, 4) is 5.75 Å². The Kier molecular flexibility index (Phi) is 6.97. The molecular formula is C24H26N2O4S. The summed E-state index contributed by atoms with van der Waals surface area (Å²) < 4.78 is 31.9. The molecule has 0 atom stereocenters. The van der Waals surface area contributed by atoms with Crippen molar-refractivity contribution in [1.82, 2.24) is 0 Å². The van der Waals surface area contributed by atoms with E-state index in [0.29, 0.717) is 23.6 Å². The topological polar surface area (TPSA) is 75.7 Å². The fourth-order valence-electron chi connectivity index (χ4n) is 3.09. The molecule has 0 saturated heterocycles. The van der Waals surface area contributed by atoms with Crippen molar-refractivity contribution in [2.45, 2.75) is 20.4 Å². The number of para-hydroxylation sites is 2. The number of ether oxygens (including phenoxy) is 1. The molecule has 1 amide bonds. The number of carbonyl (C=O) groups excluding carboxylic acids is 1. The van der Waals surface area contributed by atoms with Crippen molar-refractivity contribution in [3.63, 3.8) is 0 Å². The molecule has 0 spiro atoms. The zero-order valence-electron chi connectivity index (χ0n) is 17.8. The Bertz CT molecular complexity index is 1140. The molecule has 0 aliphatic rings. The maximum atomic E-state index is 12.5. The lowest BCUT2D eigenvalue weighted by atomic mass is 10.1. The minimum atomic E-state index is -3.55. The molecule has 0 aliphatic heterocycles. The summed E-state index contributed by atoms with van der Waals surface area (Å²) in [6, 6.07) is 21.5. The number of nitrogens with zero attached hydrogens (tertiary/aromatic N) is 1. The van der Waals surface area contributed by atoms with E-state index in [9.17, 15) is 13.2 Å². The lowest BCUT2D eigenvalue weighted by Gasteiger charge is -2.24. The molecule has 0 unspecified atom stereocenters. The zero-order chi connectivity index (χ0) is 22.4. The third-order valence-corrected chi connectivity index (χ3v) is 5.81. The maximum Gasteiger partial charge on any atom is 0.255 e. The number of hydrogen-bond acceptors (Lipinski definition) is 4. The zero-order valence-corrected chi connectivity index (χ0v) is 18.6. The summed E-state index contributed by atoms with van der Waals surface area (Å²) in [5.41, 5.74) is 3.56. The van der Waals surface area contributed by atoms with Crippen LogP contribution < -0.4 is 14.4 Å². The van der Waals surface area contributed by atoms with Crippen molar-refractivity contribution in [3.05, 3.63) is 89.5 Å². The van der Waals surface area contributed by atoms with Crippen LogP contribution in [0.2, 0.25) is 0 Å². The minimum absolute atomic E-state index is 0.128. The number of anilines is 2. The molecule has 3 aromatic rings. The first-order valence-corrected chi connectivity index (χ1v) is 11.8. The third kappa shape index (κ3) is 5.86. The molecule has 6 nitrogen and oxygen atoms in total. The van der Waals surface area contributed by atoms with E-state index >= 15 is 0 Å². The molecule has 0 saturated carbocycles. The van der Waals surface area contributed by atoms with E-state index in [1.165, 1.54) is 10.6 Å². The van der Waals surface area contributed by atoms with Crippen LogP contribution in [-0.4, -0.2) is 27.2 Å². The fraction of sp³-hybridized carbons (Fsp3) is 0.208. The van der Waals surface area contributed by atoms with Gasteiger partial charge in [-0.2, -0.15) is 0 Å². The Morgan fingerprint density at radius 2 is 1.61 bits per heavy atom. The van der Waals surface area contributed by atoms with E-state index in [-0.39, 0.29) is 12.5 Å². The monoisotopic (exact) mass is 438 g/mol. The average molecular weight is 439 g/mol. The summed E-state index contributed by atoms with van der Waals surface area (Å²) in [6.07, 6.45) is 1.17. The first kappa shape index (κ1) is 22.4. The molecule has 7 heteroatoms. The molecular weight excluding hydrogens is 412 g/mol. The lowest BCUT2D eigenvalue weighted by Crippen LogP contribution is -2.29. The number of sulfonamides is 1. The number of benzene rings is 3. The number of hydrogen-bond donors (Lipinski definition) is 1. The van der Waals surface area contributed by atoms with Gasteiger partial charge < -0.3 is 10.1 Å². The predicted octanol–water partition coefficient (Wildman–Crippen LogP) is 4.61. The van der Waals surface area contributed by atoms with Gasteiger partial charge in [-0.25, -0.2) is 8.42 Å². The number of amides is 1. The van der Waals surface area contributed by atoms with Gasteiger partial charge in [0.25, 0.3) is 5.91 Å². The number of aryl methyl sites for hydroxylation is 1. The SMILES string of the molecule is CCOc1ccccc1N(Cc1ccc(C(=O)Nc2ccc(C)cc2)cc1)S(C)(=O)=O. The molecule has 0 fully saturated rings. The Labute approximate surface area is 183 Å². The minimum Gasteiger partial charge on any atom is -0.492 e. The van der Waals surface area contributed by atoms with Gasteiger partial charge in [-0.15, -0.1) is 0 Å². The molecule has 162 valence electrons. The Balaban J connectivity index is 1.79. The van der Waals surface area contributed by atoms with Crippen LogP contribution in [0.15, 0.2) is 72.8 Å². The van der Waals surface area contributed by atoms with E-state index in [1.807, 2.05) is 38.1 Å². The molecule has 1 N–H and O–H groups in total. The van der Waals surface area contributed by atoms with Crippen molar-refractivity contribution in [2.75, 3.05) is 22.5 Å². The summed E-state index contributed by atoms with van der Waals surface area (Å²) in [5, 5.41) is 2.86. The van der Waals surface area contributed by atoms with Crippen molar-refractivity contribution in [1.29, 1.82) is 0 Å². The number of rotatable bonds is 8. The predicted molar refractivity (Wildman–Crippen MR) is 124 cm³/mol. The van der Waals surface area contributed by atoms with Crippen LogP contribution in [0.4, 0.5) is 11.4 Å². The highest BCUT2D eigenvalue weighted by molar-refractivity contribution is 7.92. The molecule has 31 heavy (non-hydrogen) atoms. The van der Waals surface area contributed by atoms with E-state index < -0.39 is 10.0 Å². The number of nitrogens with one attached hydrogen (secondary N) is 1. The van der Waals surface area contributed by atoms with E-state index in [1.54, 1.807) is 48.5 Å². The van der Waals surface area contributed by atoms with Crippen molar-refractivity contribution >= 4 is 27.3 Å². The van der Waals surface area contributed by atoms with Crippen LogP contribution in [-0.2, 0) is 16.6 Å². The van der Waals surface area contributed by atoms with E-state index in [0.717, 1.165) is 16.8 Å². The van der Waals surface area contributed by atoms with E-state index in [4.69, 9.17) is 4.74 Å². The second-order valence-electron chi connectivity index (χ2n) is 7.19. The molecule has 0 bridgehead atoms. The van der Waals surface area contributed by atoms with E-state index in [2.05, 4.69) is 5.32 Å². The van der Waals surface area contributed by atoms with Gasteiger partial charge in [0.05, 0.1) is 25.1 Å². The van der Waals surface area contributed by atoms with Gasteiger partial charge in [-0.3, -0.25) is 9.10 Å².